The molecular weight excluding hydrogens is 371 g/mol. The lowest BCUT2D eigenvalue weighted by atomic mass is 10.1. The number of methoxy groups -OCH3 is 1. The van der Waals surface area contributed by atoms with Crippen LogP contribution in [0.1, 0.15) is 5.56 Å². The molecule has 134 valence electrons. The van der Waals surface area contributed by atoms with Crippen LogP contribution in [0.2, 0.25) is 10.0 Å². The molecule has 0 unspecified atom stereocenters. The van der Waals surface area contributed by atoms with Gasteiger partial charge in [-0.05, 0) is 48.4 Å². The van der Waals surface area contributed by atoms with E-state index < -0.39 is 0 Å². The van der Waals surface area contributed by atoms with E-state index in [1.54, 1.807) is 31.5 Å². The summed E-state index contributed by atoms with van der Waals surface area (Å²) in [6.45, 7) is 0.743. The third kappa shape index (κ3) is 5.25. The number of anilines is 3. The number of aromatic nitrogens is 2. The van der Waals surface area contributed by atoms with Crippen LogP contribution in [0.5, 0.6) is 5.75 Å². The van der Waals surface area contributed by atoms with E-state index in [0.29, 0.717) is 16.0 Å². The SMILES string of the molecule is COc1cccc(CCNc2ccnc(Nc3cc(Cl)cc(Cl)c3)n2)c1. The number of nitrogens with zero attached hydrogens (tertiary/aromatic N) is 2. The highest BCUT2D eigenvalue weighted by atomic mass is 35.5. The Hall–Kier alpha value is -2.50. The highest BCUT2D eigenvalue weighted by Gasteiger charge is 2.03. The molecular formula is C19H18Cl2N4O. The first kappa shape index (κ1) is 18.3. The maximum Gasteiger partial charge on any atom is 0.229 e. The minimum Gasteiger partial charge on any atom is -0.497 e. The van der Waals surface area contributed by atoms with Gasteiger partial charge >= 0.3 is 0 Å². The highest BCUT2D eigenvalue weighted by molar-refractivity contribution is 6.35. The molecule has 3 rings (SSSR count). The molecule has 0 aliphatic carbocycles. The van der Waals surface area contributed by atoms with Gasteiger partial charge in [0.2, 0.25) is 5.95 Å². The van der Waals surface area contributed by atoms with Crippen molar-refractivity contribution in [2.45, 2.75) is 6.42 Å². The van der Waals surface area contributed by atoms with Crippen LogP contribution in [0, 0.1) is 0 Å². The first-order chi connectivity index (χ1) is 12.6. The van der Waals surface area contributed by atoms with Crippen molar-refractivity contribution in [3.8, 4) is 5.75 Å². The van der Waals surface area contributed by atoms with E-state index in [9.17, 15) is 0 Å². The molecule has 2 aromatic carbocycles. The summed E-state index contributed by atoms with van der Waals surface area (Å²) < 4.78 is 5.24. The van der Waals surface area contributed by atoms with E-state index >= 15 is 0 Å². The molecule has 26 heavy (non-hydrogen) atoms. The van der Waals surface area contributed by atoms with E-state index in [2.05, 4.69) is 26.7 Å². The second-order valence-electron chi connectivity index (χ2n) is 5.58. The van der Waals surface area contributed by atoms with Crippen LogP contribution >= 0.6 is 23.2 Å². The predicted molar refractivity (Wildman–Crippen MR) is 107 cm³/mol. The van der Waals surface area contributed by atoms with Crippen LogP contribution in [0.3, 0.4) is 0 Å². The minimum absolute atomic E-state index is 0.467. The van der Waals surface area contributed by atoms with Gasteiger partial charge in [-0.3, -0.25) is 0 Å². The van der Waals surface area contributed by atoms with Crippen molar-refractivity contribution in [2.75, 3.05) is 24.3 Å². The zero-order valence-electron chi connectivity index (χ0n) is 14.2. The van der Waals surface area contributed by atoms with Gasteiger partial charge in [-0.15, -0.1) is 0 Å². The molecule has 0 aliphatic heterocycles. The summed E-state index contributed by atoms with van der Waals surface area (Å²) in [6.07, 6.45) is 2.54. The summed E-state index contributed by atoms with van der Waals surface area (Å²) in [5, 5.41) is 7.49. The zero-order valence-corrected chi connectivity index (χ0v) is 15.7. The number of benzene rings is 2. The second kappa shape index (κ2) is 8.74. The number of nitrogens with one attached hydrogen (secondary N) is 2. The third-order valence-electron chi connectivity index (χ3n) is 3.63. The Kier molecular flexibility index (Phi) is 6.15. The molecule has 0 spiro atoms. The highest BCUT2D eigenvalue weighted by Crippen LogP contribution is 2.24. The Morgan fingerprint density at radius 1 is 1.04 bits per heavy atom. The average Bonchev–Trinajstić information content (AvgIpc) is 2.61. The Morgan fingerprint density at radius 2 is 1.85 bits per heavy atom. The molecule has 7 heteroatoms. The average molecular weight is 389 g/mol. The molecule has 0 bridgehead atoms. The molecule has 2 N–H and O–H groups in total. The van der Waals surface area contributed by atoms with Crippen molar-refractivity contribution < 1.29 is 4.74 Å². The monoisotopic (exact) mass is 388 g/mol. The number of ether oxygens (including phenoxy) is 1. The zero-order chi connectivity index (χ0) is 18.4. The fourth-order valence-corrected chi connectivity index (χ4v) is 2.96. The van der Waals surface area contributed by atoms with Crippen molar-refractivity contribution >= 4 is 40.7 Å². The van der Waals surface area contributed by atoms with Gasteiger partial charge in [0.1, 0.15) is 11.6 Å². The molecule has 0 atom stereocenters. The van der Waals surface area contributed by atoms with Gasteiger partial charge in [0, 0.05) is 28.5 Å². The van der Waals surface area contributed by atoms with Crippen LogP contribution < -0.4 is 15.4 Å². The molecule has 5 nitrogen and oxygen atoms in total. The molecule has 3 aromatic rings. The minimum atomic E-state index is 0.467. The van der Waals surface area contributed by atoms with E-state index in [1.807, 2.05) is 24.3 Å². The van der Waals surface area contributed by atoms with Crippen molar-refractivity contribution in [3.05, 3.63) is 70.3 Å². The molecule has 1 aromatic heterocycles. The van der Waals surface area contributed by atoms with Gasteiger partial charge in [0.05, 0.1) is 7.11 Å². The van der Waals surface area contributed by atoms with Crippen LogP contribution in [0.25, 0.3) is 0 Å². The lowest BCUT2D eigenvalue weighted by molar-refractivity contribution is 0.414. The first-order valence-corrected chi connectivity index (χ1v) is 8.81. The Morgan fingerprint density at radius 3 is 2.62 bits per heavy atom. The molecule has 0 saturated heterocycles. The molecule has 1 heterocycles. The maximum absolute atomic E-state index is 6.01. The second-order valence-corrected chi connectivity index (χ2v) is 6.45. The molecule has 0 aliphatic rings. The van der Waals surface area contributed by atoms with Crippen molar-refractivity contribution in [1.82, 2.24) is 9.97 Å². The number of hydrogen-bond acceptors (Lipinski definition) is 5. The number of hydrogen-bond donors (Lipinski definition) is 2. The molecule has 0 fully saturated rings. The largest absolute Gasteiger partial charge is 0.497 e. The van der Waals surface area contributed by atoms with Crippen molar-refractivity contribution in [3.63, 3.8) is 0 Å². The predicted octanol–water partition coefficient (Wildman–Crippen LogP) is 5.19. The van der Waals surface area contributed by atoms with Gasteiger partial charge in [0.25, 0.3) is 0 Å². The molecule has 0 amide bonds. The van der Waals surface area contributed by atoms with Gasteiger partial charge in [-0.2, -0.15) is 4.98 Å². The van der Waals surface area contributed by atoms with Gasteiger partial charge in [-0.1, -0.05) is 35.3 Å². The van der Waals surface area contributed by atoms with E-state index in [-0.39, 0.29) is 0 Å². The Labute approximate surface area is 162 Å². The third-order valence-corrected chi connectivity index (χ3v) is 4.06. The van der Waals surface area contributed by atoms with Gasteiger partial charge < -0.3 is 15.4 Å². The summed E-state index contributed by atoms with van der Waals surface area (Å²) >= 11 is 12.0. The van der Waals surface area contributed by atoms with Gasteiger partial charge in [-0.25, -0.2) is 4.98 Å². The summed E-state index contributed by atoms with van der Waals surface area (Å²) in [7, 11) is 1.67. The van der Waals surface area contributed by atoms with E-state index in [1.165, 1.54) is 5.56 Å². The van der Waals surface area contributed by atoms with Crippen molar-refractivity contribution in [1.29, 1.82) is 0 Å². The summed E-state index contributed by atoms with van der Waals surface area (Å²) in [5.74, 6) is 2.06. The van der Waals surface area contributed by atoms with Crippen LogP contribution in [-0.4, -0.2) is 23.6 Å². The fraction of sp³-hybridized carbons (Fsp3) is 0.158. The quantitative estimate of drug-likeness (QED) is 0.582. The van der Waals surface area contributed by atoms with E-state index in [4.69, 9.17) is 27.9 Å². The topological polar surface area (TPSA) is 59.1 Å². The lowest BCUT2D eigenvalue weighted by Crippen LogP contribution is -2.08. The summed E-state index contributed by atoms with van der Waals surface area (Å²) in [4.78, 5) is 8.67. The molecule has 0 saturated carbocycles. The Bertz CT molecular complexity index is 869. The summed E-state index contributed by atoms with van der Waals surface area (Å²) in [6, 6.07) is 15.0. The number of halogens is 2. The smallest absolute Gasteiger partial charge is 0.229 e. The first-order valence-electron chi connectivity index (χ1n) is 8.05. The van der Waals surface area contributed by atoms with E-state index in [0.717, 1.165) is 30.2 Å². The van der Waals surface area contributed by atoms with Crippen LogP contribution in [0.4, 0.5) is 17.5 Å². The van der Waals surface area contributed by atoms with Crippen LogP contribution in [-0.2, 0) is 6.42 Å². The molecule has 0 radical (unpaired) electrons. The van der Waals surface area contributed by atoms with Crippen molar-refractivity contribution in [2.24, 2.45) is 0 Å². The fourth-order valence-electron chi connectivity index (χ4n) is 2.44. The standard InChI is InChI=1S/C19H18Cl2N4O/c1-26-17-4-2-3-13(9-17)5-7-22-18-6-8-23-19(25-18)24-16-11-14(20)10-15(21)12-16/h2-4,6,8-12H,5,7H2,1H3,(H2,22,23,24,25). The maximum atomic E-state index is 6.01. The van der Waals surface area contributed by atoms with Crippen LogP contribution in [0.15, 0.2) is 54.7 Å². The van der Waals surface area contributed by atoms with Gasteiger partial charge in [0.15, 0.2) is 0 Å². The lowest BCUT2D eigenvalue weighted by Gasteiger charge is -2.09. The normalized spacial score (nSPS) is 10.4. The Balaban J connectivity index is 1.60. The summed E-state index contributed by atoms with van der Waals surface area (Å²) in [5.41, 5.74) is 1.92. The number of rotatable bonds is 7.